The standard InChI is InChI=1S/C19H28BrN3O4.C19H26F3N3O4.C19H25F3N2O4.C18H23F3N2O5.C16H20F3N3O4/c1-12(13-4-6-14(20)7-5-13)21-18(26)16(24)17(25)19(27)23(3)15-8-10-22(2)11-9-15;1-24-9-7-14(8-10-24)25(2)18(29)16(27)15(26)17(28)23-11-12-3-5-13(6-4-12)19(20,21)22;1-24(14-5-3-2-4-6-14)18(28)16(26)15(25)17(27)23-11-12-7-9-13(10-8-12)19(20,21)22;1-10-8-23(9-11(2)28-10)17(27)15(25)14(24)16(26)22-7-12-3-5-13(6-4-12)18(19,20)21;17-16(18,19)10-3-1-9(2-4-10)7-21-14(25)12(23)13(24)15(26)22-6-5-11(20)8-22/h4-7,12,15-17,24-25H,8-11H2,1-3H3,(H,21,26);3-6,14-16,26-27H,7-11H2,1-2H3,(H,23,28);7-10,14-16,25-26H,2-6,11H2,1H3,(H,23,27);3-6,10-11,14-15,24-25H,7-9H2,1-2H3,(H,22,26);1-4,11-13,23-24H,5-8,20H2,(H,21,25)/t12-,16+,17+;2*15-,16-;10-,11+,14-,15-;11-,12-,13-/m01111/s1. The fourth-order valence-corrected chi connectivity index (χ4v) is 15.3. The lowest BCUT2D eigenvalue weighted by molar-refractivity contribution is -0.161. The molecule has 5 fully saturated rings. The van der Waals surface area contributed by atoms with Crippen LogP contribution in [0.2, 0.25) is 0 Å². The Morgan fingerprint density at radius 3 is 0.920 bits per heavy atom. The molecule has 47 heteroatoms. The largest absolute Gasteiger partial charge is 0.416 e. The second-order valence-electron chi connectivity index (χ2n) is 34.4. The number of ether oxygens (including phenoxy) is 1. The van der Waals surface area contributed by atoms with Gasteiger partial charge in [0.1, 0.15) is 0 Å². The number of carbonyl (C=O) groups is 10. The monoisotopic (exact) mass is 2040 g/mol. The molecule has 138 heavy (non-hydrogen) atoms. The summed E-state index contributed by atoms with van der Waals surface area (Å²) in [5.74, 6) is -8.45. The molecule has 5 aliphatic rings. The first kappa shape index (κ1) is 117. The van der Waals surface area contributed by atoms with E-state index in [9.17, 15) is 152 Å². The second-order valence-corrected chi connectivity index (χ2v) is 35.3. The minimum Gasteiger partial charge on any atom is -0.380 e. The van der Waals surface area contributed by atoms with Gasteiger partial charge >= 0.3 is 24.7 Å². The van der Waals surface area contributed by atoms with Crippen LogP contribution in [-0.4, -0.2) is 329 Å². The molecule has 0 spiro atoms. The van der Waals surface area contributed by atoms with E-state index in [4.69, 9.17) is 10.5 Å². The van der Waals surface area contributed by atoms with Gasteiger partial charge in [0.2, 0.25) is 0 Å². The van der Waals surface area contributed by atoms with E-state index in [0.29, 0.717) is 35.2 Å². The number of aliphatic hydroxyl groups is 10. The van der Waals surface area contributed by atoms with E-state index in [1.54, 1.807) is 27.8 Å². The van der Waals surface area contributed by atoms with Gasteiger partial charge in [-0.2, -0.15) is 52.7 Å². The zero-order valence-corrected chi connectivity index (χ0v) is 78.6. The molecule has 4 saturated heterocycles. The van der Waals surface area contributed by atoms with E-state index < -0.39 is 167 Å². The summed E-state index contributed by atoms with van der Waals surface area (Å²) in [6.07, 6.45) is -29.3. The van der Waals surface area contributed by atoms with Crippen molar-refractivity contribution in [1.29, 1.82) is 0 Å². The minimum absolute atomic E-state index is 0.000278. The number of piperidine rings is 2. The number of likely N-dealkylation sites (N-methyl/N-ethyl adjacent to an activating group) is 3. The number of hydrogen-bond acceptors (Lipinski definition) is 24. The Bertz CT molecular complexity index is 4730. The van der Waals surface area contributed by atoms with Gasteiger partial charge in [-0.25, -0.2) is 0 Å². The van der Waals surface area contributed by atoms with Gasteiger partial charge in [-0.3, -0.25) is 47.9 Å². The van der Waals surface area contributed by atoms with Gasteiger partial charge in [-0.1, -0.05) is 95.9 Å². The number of nitrogens with one attached hydrogen (secondary N) is 5. The highest BCUT2D eigenvalue weighted by molar-refractivity contribution is 9.10. The van der Waals surface area contributed by atoms with Gasteiger partial charge in [0.05, 0.1) is 40.5 Å². The summed E-state index contributed by atoms with van der Waals surface area (Å²) >= 11 is 3.35. The normalized spacial score (nSPS) is 19.5. The molecule has 5 aromatic rings. The molecule has 1 aliphatic carbocycles. The Kier molecular flexibility index (Phi) is 45.2. The van der Waals surface area contributed by atoms with Crippen molar-refractivity contribution in [3.8, 4) is 0 Å². The molecule has 768 valence electrons. The fourth-order valence-electron chi connectivity index (χ4n) is 15.1. The van der Waals surface area contributed by atoms with Crippen LogP contribution in [0.15, 0.2) is 126 Å². The third-order valence-electron chi connectivity index (χ3n) is 23.7. The Balaban J connectivity index is 0.000000265. The number of morpholine rings is 1. The summed E-state index contributed by atoms with van der Waals surface area (Å²) in [4.78, 5) is 133. The highest BCUT2D eigenvalue weighted by atomic mass is 79.9. The van der Waals surface area contributed by atoms with Crippen LogP contribution in [0.5, 0.6) is 0 Å². The number of carbonyl (C=O) groups excluding carboxylic acids is 10. The molecule has 1 saturated carbocycles. The Labute approximate surface area is 797 Å². The van der Waals surface area contributed by atoms with E-state index in [2.05, 4.69) is 52.3 Å². The highest BCUT2D eigenvalue weighted by Crippen LogP contribution is 2.34. The predicted octanol–water partition coefficient (Wildman–Crippen LogP) is 3.61. The smallest absolute Gasteiger partial charge is 0.380 e. The van der Waals surface area contributed by atoms with E-state index >= 15 is 0 Å². The zero-order chi connectivity index (χ0) is 103. The fraction of sp³-hybridized carbons (Fsp3) is 0.560. The molecule has 0 bridgehead atoms. The topological polar surface area (TPSA) is 491 Å². The van der Waals surface area contributed by atoms with Gasteiger partial charge in [0.15, 0.2) is 61.0 Å². The number of benzene rings is 5. The average molecular weight is 2040 g/mol. The minimum atomic E-state index is -4.46. The first-order valence-corrected chi connectivity index (χ1v) is 45.0. The maximum Gasteiger partial charge on any atom is 0.416 e. The predicted molar refractivity (Wildman–Crippen MR) is 476 cm³/mol. The first-order valence-electron chi connectivity index (χ1n) is 44.2. The van der Waals surface area contributed by atoms with Crippen LogP contribution in [0.1, 0.15) is 141 Å². The average Bonchev–Trinajstić information content (AvgIpc) is 1.66. The molecule has 5 aromatic carbocycles. The third-order valence-corrected chi connectivity index (χ3v) is 24.3. The highest BCUT2D eigenvalue weighted by Gasteiger charge is 2.43. The van der Waals surface area contributed by atoms with Crippen LogP contribution >= 0.6 is 15.9 Å². The van der Waals surface area contributed by atoms with Crippen molar-refractivity contribution >= 4 is 75.0 Å². The molecule has 0 radical (unpaired) electrons. The van der Waals surface area contributed by atoms with Crippen LogP contribution in [0.3, 0.4) is 0 Å². The summed E-state index contributed by atoms with van der Waals surface area (Å²) in [7, 11) is 8.66. The summed E-state index contributed by atoms with van der Waals surface area (Å²) in [6.45, 7) is 9.00. The summed E-state index contributed by atoms with van der Waals surface area (Å²) in [5.41, 5.74) is 4.73. The van der Waals surface area contributed by atoms with Crippen molar-refractivity contribution in [2.45, 2.75) is 239 Å². The molecule has 14 atom stereocenters. The lowest BCUT2D eigenvalue weighted by Gasteiger charge is -2.36. The van der Waals surface area contributed by atoms with Gasteiger partial charge in [0.25, 0.3) is 59.1 Å². The van der Waals surface area contributed by atoms with Crippen LogP contribution in [0.4, 0.5) is 52.7 Å². The van der Waals surface area contributed by atoms with E-state index in [1.807, 2.05) is 38.4 Å². The first-order chi connectivity index (χ1) is 64.4. The molecule has 4 aliphatic heterocycles. The molecule has 10 rings (SSSR count). The van der Waals surface area contributed by atoms with Gasteiger partial charge in [-0.05, 0) is 194 Å². The number of rotatable bonds is 28. The molecule has 34 nitrogen and oxygen atoms in total. The number of alkyl halides is 12. The maximum atomic E-state index is 12.6. The van der Waals surface area contributed by atoms with Crippen molar-refractivity contribution in [3.63, 3.8) is 0 Å². The van der Waals surface area contributed by atoms with Crippen molar-refractivity contribution in [2.24, 2.45) is 5.73 Å². The second kappa shape index (κ2) is 53.5. The number of aliphatic hydroxyl groups excluding tert-OH is 10. The number of nitrogens with zero attached hydrogens (tertiary/aromatic N) is 7. The van der Waals surface area contributed by atoms with Gasteiger partial charge < -0.3 is 122 Å². The van der Waals surface area contributed by atoms with Crippen molar-refractivity contribution in [1.82, 2.24) is 60.9 Å². The lowest BCUT2D eigenvalue weighted by Crippen LogP contribution is -2.55. The van der Waals surface area contributed by atoms with Crippen LogP contribution in [0.25, 0.3) is 0 Å². The van der Waals surface area contributed by atoms with Gasteiger partial charge in [-0.15, -0.1) is 0 Å². The molecular weight excluding hydrogens is 1920 g/mol. The summed E-state index contributed by atoms with van der Waals surface area (Å²) in [6, 6.07) is 23.3. The van der Waals surface area contributed by atoms with E-state index in [1.165, 1.54) is 87.1 Å². The number of amides is 10. The Morgan fingerprint density at radius 1 is 0.377 bits per heavy atom. The number of halogens is 13. The maximum absolute atomic E-state index is 12.6. The Hall–Kier alpha value is -10.1. The zero-order valence-electron chi connectivity index (χ0n) is 77.0. The molecule has 10 amide bonds. The number of hydrogen-bond donors (Lipinski definition) is 16. The SMILES string of the molecule is CN(C(=O)[C@H](O)[C@@H](O)C(=O)NCc1ccc(C(F)(F)F)cc1)C1CCCCC1.CN1CCC(N(C)C(=O)[C@H](O)[C@@H](O)C(=O)NCc2ccc(C(F)(F)F)cc2)CC1.C[C@@H]1CN(C(=O)[C@H](O)[C@@H](O)C(=O)NCc2ccc(C(F)(F)F)cc2)C[C@H](C)O1.C[C@H](NC(=O)[C@H](O)[C@@H](O)C(=O)N(C)C1CCN(C)CC1)c1ccc(Br)cc1.N[C@@H]1CCN(C(=O)[C@H](O)[C@@H](O)C(=O)NCc2ccc(C(F)(F)F)cc2)C1. The van der Waals surface area contributed by atoms with Crippen LogP contribution in [-0.2, 0) is 104 Å². The Morgan fingerprint density at radius 2 is 0.645 bits per heavy atom. The molecule has 4 heterocycles. The summed E-state index contributed by atoms with van der Waals surface area (Å²) in [5, 5.41) is 112. The number of likely N-dealkylation sites (tertiary alicyclic amines) is 3. The van der Waals surface area contributed by atoms with E-state index in [-0.39, 0.29) is 88.2 Å². The summed E-state index contributed by atoms with van der Waals surface area (Å²) < 4.78 is 157. The third kappa shape index (κ3) is 36.2. The van der Waals surface area contributed by atoms with Crippen LogP contribution in [0, 0.1) is 0 Å². The number of nitrogens with two attached hydrogens (primary N) is 1. The van der Waals surface area contributed by atoms with Crippen molar-refractivity contribution < 1.29 is 156 Å². The quantitative estimate of drug-likeness (QED) is 0.0318. The molecule has 17 N–H and O–H groups in total. The van der Waals surface area contributed by atoms with Crippen molar-refractivity contribution in [3.05, 3.63) is 176 Å². The van der Waals surface area contributed by atoms with E-state index in [0.717, 1.165) is 143 Å². The molecule has 0 unspecified atom stereocenters. The lowest BCUT2D eigenvalue weighted by atomic mass is 9.94. The van der Waals surface area contributed by atoms with Crippen LogP contribution < -0.4 is 32.3 Å². The molecular formula is C91H122BrF12N13O21. The van der Waals surface area contributed by atoms with Gasteiger partial charge in [0, 0.05) is 102 Å². The molecule has 0 aromatic heterocycles. The van der Waals surface area contributed by atoms with Crippen molar-refractivity contribution in [2.75, 3.05) is 87.6 Å².